The normalized spacial score (nSPS) is 14.8. The molecule has 1 aliphatic heterocycles. The third kappa shape index (κ3) is 6.05. The van der Waals surface area contributed by atoms with Crippen LogP contribution in [0, 0.1) is 6.92 Å². The number of amides is 3. The fourth-order valence-electron chi connectivity index (χ4n) is 4.50. The van der Waals surface area contributed by atoms with E-state index in [1.54, 1.807) is 52.8 Å². The maximum atomic E-state index is 13.5. The highest BCUT2D eigenvalue weighted by Gasteiger charge is 2.40. The van der Waals surface area contributed by atoms with E-state index < -0.39 is 5.97 Å². The maximum absolute atomic E-state index is 13.5. The molecule has 3 amide bonds. The van der Waals surface area contributed by atoms with Crippen LogP contribution in [0.4, 0.5) is 4.79 Å². The molecular weight excluding hydrogens is 500 g/mol. The van der Waals surface area contributed by atoms with Crippen LogP contribution >= 0.6 is 11.3 Å². The van der Waals surface area contributed by atoms with Crippen molar-refractivity contribution in [2.45, 2.75) is 66.0 Å². The molecule has 1 fully saturated rings. The van der Waals surface area contributed by atoms with Gasteiger partial charge in [0.05, 0.1) is 24.0 Å². The maximum Gasteiger partial charge on any atom is 0.335 e. The van der Waals surface area contributed by atoms with Gasteiger partial charge in [0.1, 0.15) is 11.5 Å². The van der Waals surface area contributed by atoms with Crippen LogP contribution in [0.3, 0.4) is 0 Å². The Kier molecular flexibility index (Phi) is 8.78. The number of hydrogen-bond donors (Lipinski definition) is 1. The van der Waals surface area contributed by atoms with Crippen LogP contribution in [0.5, 0.6) is 0 Å². The number of nitrogens with zero attached hydrogens (tertiary/aromatic N) is 4. The molecule has 0 unspecified atom stereocenters. The molecular formula is C29H34N4O4S. The number of rotatable bonds is 12. The summed E-state index contributed by atoms with van der Waals surface area (Å²) in [6.07, 6.45) is 7.93. The molecule has 1 saturated heterocycles. The standard InChI is InChI=1S/C29H34N4O4S/c1-4-6-8-26-30-16-24(32(26)17-21-9-11-23(12-10-21)28(35)36)15-25-27(34)31(13-7-5-2)29(37)33(25)18-22-14-20(3)38-19-22/h9-12,14-16,19H,4-8,13,17-18H2,1-3H3,(H,35,36)/b25-15+. The van der Waals surface area contributed by atoms with Crippen LogP contribution in [-0.2, 0) is 24.3 Å². The van der Waals surface area contributed by atoms with Gasteiger partial charge in [0.2, 0.25) is 0 Å². The summed E-state index contributed by atoms with van der Waals surface area (Å²) in [7, 11) is 0. The van der Waals surface area contributed by atoms with Crippen molar-refractivity contribution >= 4 is 35.3 Å². The van der Waals surface area contributed by atoms with E-state index in [2.05, 4.69) is 16.5 Å². The van der Waals surface area contributed by atoms with E-state index in [0.29, 0.717) is 25.3 Å². The number of aromatic carboxylic acids is 1. The predicted molar refractivity (Wildman–Crippen MR) is 148 cm³/mol. The van der Waals surface area contributed by atoms with Crippen molar-refractivity contribution in [3.8, 4) is 0 Å². The number of aromatic nitrogens is 2. The molecule has 0 bridgehead atoms. The molecule has 0 aliphatic carbocycles. The van der Waals surface area contributed by atoms with E-state index in [1.807, 2.05) is 25.3 Å². The number of carbonyl (C=O) groups is 3. The van der Waals surface area contributed by atoms with Gasteiger partial charge < -0.3 is 9.67 Å². The number of imide groups is 1. The Morgan fingerprint density at radius 2 is 1.76 bits per heavy atom. The lowest BCUT2D eigenvalue weighted by Crippen LogP contribution is -2.33. The molecule has 8 nitrogen and oxygen atoms in total. The van der Waals surface area contributed by atoms with E-state index in [4.69, 9.17) is 0 Å². The first-order chi connectivity index (χ1) is 18.3. The lowest BCUT2D eigenvalue weighted by atomic mass is 10.1. The Morgan fingerprint density at radius 3 is 2.39 bits per heavy atom. The fraction of sp³-hybridized carbons (Fsp3) is 0.379. The van der Waals surface area contributed by atoms with Crippen molar-refractivity contribution in [3.05, 3.63) is 80.7 Å². The summed E-state index contributed by atoms with van der Waals surface area (Å²) in [5.41, 5.74) is 3.23. The van der Waals surface area contributed by atoms with Crippen molar-refractivity contribution in [2.75, 3.05) is 6.54 Å². The number of carboxylic acid groups (broad SMARTS) is 1. The van der Waals surface area contributed by atoms with Gasteiger partial charge in [0.15, 0.2) is 0 Å². The first-order valence-electron chi connectivity index (χ1n) is 13.1. The van der Waals surface area contributed by atoms with Crippen molar-refractivity contribution < 1.29 is 19.5 Å². The van der Waals surface area contributed by atoms with Gasteiger partial charge >= 0.3 is 12.0 Å². The Labute approximate surface area is 227 Å². The molecule has 1 aliphatic rings. The minimum Gasteiger partial charge on any atom is -0.478 e. The van der Waals surface area contributed by atoms with Gasteiger partial charge in [-0.15, -0.1) is 11.3 Å². The molecule has 38 heavy (non-hydrogen) atoms. The van der Waals surface area contributed by atoms with E-state index in [-0.39, 0.29) is 17.5 Å². The Bertz CT molecular complexity index is 1340. The number of imidazole rings is 1. The molecule has 2 aromatic heterocycles. The molecule has 1 aromatic carbocycles. The van der Waals surface area contributed by atoms with E-state index in [1.165, 1.54) is 4.90 Å². The third-order valence-corrected chi connectivity index (χ3v) is 7.54. The predicted octanol–water partition coefficient (Wildman–Crippen LogP) is 5.95. The molecule has 0 radical (unpaired) electrons. The molecule has 9 heteroatoms. The highest BCUT2D eigenvalue weighted by molar-refractivity contribution is 7.10. The smallest absolute Gasteiger partial charge is 0.335 e. The molecule has 0 saturated carbocycles. The van der Waals surface area contributed by atoms with Gasteiger partial charge in [-0.25, -0.2) is 14.6 Å². The molecule has 1 N–H and O–H groups in total. The van der Waals surface area contributed by atoms with Crippen LogP contribution < -0.4 is 0 Å². The summed E-state index contributed by atoms with van der Waals surface area (Å²) >= 11 is 1.62. The third-order valence-electron chi connectivity index (χ3n) is 6.63. The second-order valence-corrected chi connectivity index (χ2v) is 10.7. The minimum atomic E-state index is -0.966. The van der Waals surface area contributed by atoms with Gasteiger partial charge in [-0.3, -0.25) is 14.6 Å². The number of aryl methyl sites for hydroxylation is 2. The van der Waals surface area contributed by atoms with E-state index in [0.717, 1.165) is 59.6 Å². The molecule has 200 valence electrons. The van der Waals surface area contributed by atoms with E-state index in [9.17, 15) is 19.5 Å². The highest BCUT2D eigenvalue weighted by Crippen LogP contribution is 2.28. The topological polar surface area (TPSA) is 95.7 Å². The average molecular weight is 535 g/mol. The number of thiophene rings is 1. The van der Waals surface area contributed by atoms with Crippen molar-refractivity contribution in [1.82, 2.24) is 19.4 Å². The number of carboxylic acids is 1. The van der Waals surface area contributed by atoms with Crippen LogP contribution in [0.15, 0.2) is 47.6 Å². The quantitative estimate of drug-likeness (QED) is 0.229. The van der Waals surface area contributed by atoms with Gasteiger partial charge in [-0.2, -0.15) is 0 Å². The zero-order valence-corrected chi connectivity index (χ0v) is 23.0. The zero-order valence-electron chi connectivity index (χ0n) is 22.1. The second-order valence-electron chi connectivity index (χ2n) is 9.57. The van der Waals surface area contributed by atoms with Gasteiger partial charge in [-0.05, 0) is 60.5 Å². The minimum absolute atomic E-state index is 0.231. The summed E-state index contributed by atoms with van der Waals surface area (Å²) < 4.78 is 2.05. The second kappa shape index (κ2) is 12.2. The first kappa shape index (κ1) is 27.3. The monoisotopic (exact) mass is 534 g/mol. The summed E-state index contributed by atoms with van der Waals surface area (Å²) in [4.78, 5) is 46.9. The van der Waals surface area contributed by atoms with Gasteiger partial charge in [-0.1, -0.05) is 38.8 Å². The first-order valence-corrected chi connectivity index (χ1v) is 14.0. The Hall–Kier alpha value is -3.72. The molecule has 0 spiro atoms. The largest absolute Gasteiger partial charge is 0.478 e. The number of hydrogen-bond acceptors (Lipinski definition) is 5. The van der Waals surface area contributed by atoms with Crippen molar-refractivity contribution in [3.63, 3.8) is 0 Å². The van der Waals surface area contributed by atoms with Crippen molar-refractivity contribution in [1.29, 1.82) is 0 Å². The Morgan fingerprint density at radius 1 is 1.03 bits per heavy atom. The zero-order chi connectivity index (χ0) is 27.2. The van der Waals surface area contributed by atoms with Crippen LogP contribution in [-0.4, -0.2) is 48.9 Å². The Balaban J connectivity index is 1.72. The van der Waals surface area contributed by atoms with Crippen molar-refractivity contribution in [2.24, 2.45) is 0 Å². The molecule has 3 heterocycles. The molecule has 3 aromatic rings. The number of unbranched alkanes of at least 4 members (excludes halogenated alkanes) is 2. The van der Waals surface area contributed by atoms with Crippen LogP contribution in [0.1, 0.15) is 77.4 Å². The highest BCUT2D eigenvalue weighted by atomic mass is 32.1. The lowest BCUT2D eigenvalue weighted by Gasteiger charge is -2.17. The number of benzene rings is 1. The van der Waals surface area contributed by atoms with Gasteiger partial charge in [0, 0.05) is 24.4 Å². The van der Waals surface area contributed by atoms with E-state index >= 15 is 0 Å². The van der Waals surface area contributed by atoms with Gasteiger partial charge in [0.25, 0.3) is 5.91 Å². The number of carbonyl (C=O) groups excluding carboxylic acids is 2. The summed E-state index contributed by atoms with van der Waals surface area (Å²) in [5, 5.41) is 11.3. The fourth-order valence-corrected chi connectivity index (χ4v) is 5.19. The molecule has 4 rings (SSSR count). The summed E-state index contributed by atoms with van der Waals surface area (Å²) in [6, 6.07) is 8.53. The average Bonchev–Trinajstić information content (AvgIpc) is 3.55. The van der Waals surface area contributed by atoms with Crippen LogP contribution in [0.2, 0.25) is 0 Å². The molecule has 0 atom stereocenters. The number of urea groups is 1. The summed E-state index contributed by atoms with van der Waals surface area (Å²) in [5.74, 6) is -0.365. The summed E-state index contributed by atoms with van der Waals surface area (Å²) in [6.45, 7) is 7.38. The SMILES string of the molecule is CCCCc1ncc(/C=C2\C(=O)N(CCCC)C(=O)N2Cc2csc(C)c2)n1Cc1ccc(C(=O)O)cc1. The van der Waals surface area contributed by atoms with Crippen LogP contribution in [0.25, 0.3) is 6.08 Å². The lowest BCUT2D eigenvalue weighted by molar-refractivity contribution is -0.123.